The van der Waals surface area contributed by atoms with Crippen LogP contribution in [0.4, 0.5) is 0 Å². The Bertz CT molecular complexity index is 374. The van der Waals surface area contributed by atoms with Crippen molar-refractivity contribution in [2.75, 3.05) is 7.11 Å². The third-order valence-corrected chi connectivity index (χ3v) is 4.18. The zero-order chi connectivity index (χ0) is 14.5. The van der Waals surface area contributed by atoms with Gasteiger partial charge in [0.25, 0.3) is 0 Å². The van der Waals surface area contributed by atoms with Crippen LogP contribution in [-0.4, -0.2) is 18.8 Å². The Balaban J connectivity index is 2.79. The molecule has 108 valence electrons. The van der Waals surface area contributed by atoms with Crippen LogP contribution in [0.25, 0.3) is 0 Å². The number of hydrogen-bond acceptors (Lipinski definition) is 3. The summed E-state index contributed by atoms with van der Waals surface area (Å²) in [7, 11) is 1.76. The lowest BCUT2D eigenvalue weighted by Crippen LogP contribution is -2.49. The first-order valence-electron chi connectivity index (χ1n) is 6.90. The van der Waals surface area contributed by atoms with Crippen LogP contribution in [0, 0.1) is 0 Å². The Labute approximate surface area is 117 Å². The Kier molecular flexibility index (Phi) is 5.53. The molecule has 1 unspecified atom stereocenters. The average molecular weight is 264 g/mol. The van der Waals surface area contributed by atoms with Crippen molar-refractivity contribution >= 4 is 0 Å². The van der Waals surface area contributed by atoms with Gasteiger partial charge in [-0.2, -0.15) is 0 Å². The molecule has 3 nitrogen and oxygen atoms in total. The van der Waals surface area contributed by atoms with Crippen LogP contribution in [0.1, 0.15) is 46.1 Å². The molecule has 0 bridgehead atoms. The minimum absolute atomic E-state index is 0.0141. The third kappa shape index (κ3) is 4.30. The first kappa shape index (κ1) is 16.2. The second-order valence-electron chi connectivity index (χ2n) is 6.31. The van der Waals surface area contributed by atoms with E-state index in [2.05, 4.69) is 57.4 Å². The van der Waals surface area contributed by atoms with Crippen LogP contribution >= 0.6 is 0 Å². The van der Waals surface area contributed by atoms with Gasteiger partial charge in [0.15, 0.2) is 0 Å². The molecular weight excluding hydrogens is 236 g/mol. The van der Waals surface area contributed by atoms with Gasteiger partial charge in [0.05, 0.1) is 5.60 Å². The van der Waals surface area contributed by atoms with E-state index in [1.165, 1.54) is 5.56 Å². The fraction of sp³-hybridized carbons (Fsp3) is 0.625. The number of rotatable bonds is 7. The van der Waals surface area contributed by atoms with Gasteiger partial charge in [0.1, 0.15) is 0 Å². The largest absolute Gasteiger partial charge is 0.379 e. The molecule has 3 N–H and O–H groups in total. The zero-order valence-electron chi connectivity index (χ0n) is 12.9. The van der Waals surface area contributed by atoms with Gasteiger partial charge in [-0.15, -0.1) is 0 Å². The van der Waals surface area contributed by atoms with E-state index in [1.54, 1.807) is 7.11 Å². The number of nitrogens with one attached hydrogen (secondary N) is 1. The van der Waals surface area contributed by atoms with Crippen molar-refractivity contribution < 1.29 is 4.74 Å². The number of ether oxygens (including phenoxy) is 1. The number of hydrogen-bond donors (Lipinski definition) is 2. The highest BCUT2D eigenvalue weighted by atomic mass is 16.5. The maximum atomic E-state index is 5.78. The van der Waals surface area contributed by atoms with Gasteiger partial charge in [-0.25, -0.2) is 0 Å². The van der Waals surface area contributed by atoms with Gasteiger partial charge in [-0.05, 0) is 32.3 Å². The number of nitrogens with two attached hydrogens (primary N) is 1. The topological polar surface area (TPSA) is 47.3 Å². The molecule has 0 fully saturated rings. The summed E-state index contributed by atoms with van der Waals surface area (Å²) in [6.45, 7) is 8.67. The van der Waals surface area contributed by atoms with Gasteiger partial charge in [-0.1, -0.05) is 44.2 Å². The van der Waals surface area contributed by atoms with Gasteiger partial charge >= 0.3 is 0 Å². The van der Waals surface area contributed by atoms with Crippen LogP contribution in [0.15, 0.2) is 30.3 Å². The van der Waals surface area contributed by atoms with E-state index in [1.807, 2.05) is 6.07 Å². The standard InChI is InChI=1S/C16H28N2O/c1-15(2,19-5)12-11-14(18-17)16(3,4)13-9-7-6-8-10-13/h6-10,14,18H,11-12,17H2,1-5H3. The third-order valence-electron chi connectivity index (χ3n) is 4.18. The lowest BCUT2D eigenvalue weighted by atomic mass is 9.75. The van der Waals surface area contributed by atoms with E-state index in [9.17, 15) is 0 Å². The summed E-state index contributed by atoms with van der Waals surface area (Å²) in [5.74, 6) is 5.78. The van der Waals surface area contributed by atoms with Crippen molar-refractivity contribution in [2.45, 2.75) is 57.6 Å². The molecular formula is C16H28N2O. The second kappa shape index (κ2) is 6.51. The molecule has 19 heavy (non-hydrogen) atoms. The summed E-state index contributed by atoms with van der Waals surface area (Å²) in [5.41, 5.74) is 4.16. The fourth-order valence-electron chi connectivity index (χ4n) is 2.32. The Morgan fingerprint density at radius 2 is 1.74 bits per heavy atom. The molecule has 0 aliphatic rings. The maximum Gasteiger partial charge on any atom is 0.0623 e. The summed E-state index contributed by atoms with van der Waals surface area (Å²) in [6.07, 6.45) is 1.94. The van der Waals surface area contributed by atoms with Crippen molar-refractivity contribution in [1.82, 2.24) is 5.43 Å². The number of benzene rings is 1. The highest BCUT2D eigenvalue weighted by Gasteiger charge is 2.31. The van der Waals surface area contributed by atoms with Crippen LogP contribution in [-0.2, 0) is 10.2 Å². The number of hydrazine groups is 1. The molecule has 0 radical (unpaired) electrons. The molecule has 0 heterocycles. The summed E-state index contributed by atoms with van der Waals surface area (Å²) in [6, 6.07) is 10.7. The Morgan fingerprint density at radius 3 is 2.21 bits per heavy atom. The molecule has 1 atom stereocenters. The SMILES string of the molecule is COC(C)(C)CCC(NN)C(C)(C)c1ccccc1. The fourth-order valence-corrected chi connectivity index (χ4v) is 2.32. The van der Waals surface area contributed by atoms with Crippen LogP contribution in [0.2, 0.25) is 0 Å². The molecule has 0 aliphatic heterocycles. The van der Waals surface area contributed by atoms with Crippen LogP contribution < -0.4 is 11.3 Å². The minimum atomic E-state index is -0.109. The summed E-state index contributed by atoms with van der Waals surface area (Å²) in [5, 5.41) is 0. The quantitative estimate of drug-likeness (QED) is 0.588. The first-order chi connectivity index (χ1) is 8.83. The smallest absolute Gasteiger partial charge is 0.0623 e. The average Bonchev–Trinajstić information content (AvgIpc) is 2.40. The predicted molar refractivity (Wildman–Crippen MR) is 80.9 cm³/mol. The molecule has 3 heteroatoms. The van der Waals surface area contributed by atoms with Crippen molar-refractivity contribution in [3.8, 4) is 0 Å². The van der Waals surface area contributed by atoms with Gasteiger partial charge in [-0.3, -0.25) is 11.3 Å². The second-order valence-corrected chi connectivity index (χ2v) is 6.31. The normalized spacial score (nSPS) is 14.4. The summed E-state index contributed by atoms with van der Waals surface area (Å²) < 4.78 is 5.48. The molecule has 0 aromatic heterocycles. The molecule has 0 amide bonds. The lowest BCUT2D eigenvalue weighted by molar-refractivity contribution is 0.00991. The van der Waals surface area contributed by atoms with Crippen molar-refractivity contribution in [1.29, 1.82) is 0 Å². The molecule has 1 rings (SSSR count). The summed E-state index contributed by atoms with van der Waals surface area (Å²) in [4.78, 5) is 0. The van der Waals surface area contributed by atoms with Crippen molar-refractivity contribution in [3.05, 3.63) is 35.9 Å². The van der Waals surface area contributed by atoms with Crippen molar-refractivity contribution in [3.63, 3.8) is 0 Å². The first-order valence-corrected chi connectivity index (χ1v) is 6.90. The molecule has 0 aliphatic carbocycles. The van der Waals surface area contributed by atoms with Crippen LogP contribution in [0.3, 0.4) is 0 Å². The lowest BCUT2D eigenvalue weighted by Gasteiger charge is -2.36. The molecule has 0 saturated heterocycles. The van der Waals surface area contributed by atoms with E-state index >= 15 is 0 Å². The van der Waals surface area contributed by atoms with E-state index < -0.39 is 0 Å². The molecule has 0 saturated carbocycles. The Morgan fingerprint density at radius 1 is 1.16 bits per heavy atom. The highest BCUT2D eigenvalue weighted by molar-refractivity contribution is 5.25. The van der Waals surface area contributed by atoms with Gasteiger partial charge in [0, 0.05) is 18.6 Å². The van der Waals surface area contributed by atoms with E-state index in [-0.39, 0.29) is 17.1 Å². The molecule has 1 aromatic rings. The van der Waals surface area contributed by atoms with E-state index in [4.69, 9.17) is 10.6 Å². The molecule has 1 aromatic carbocycles. The van der Waals surface area contributed by atoms with Crippen molar-refractivity contribution in [2.24, 2.45) is 5.84 Å². The maximum absolute atomic E-state index is 5.78. The van der Waals surface area contributed by atoms with Gasteiger partial charge < -0.3 is 4.74 Å². The highest BCUT2D eigenvalue weighted by Crippen LogP contribution is 2.30. The zero-order valence-corrected chi connectivity index (χ0v) is 12.9. The van der Waals surface area contributed by atoms with Gasteiger partial charge in [0.2, 0.25) is 0 Å². The van der Waals surface area contributed by atoms with Crippen LogP contribution in [0.5, 0.6) is 0 Å². The monoisotopic (exact) mass is 264 g/mol. The van der Waals surface area contributed by atoms with E-state index in [0.29, 0.717) is 0 Å². The molecule has 0 spiro atoms. The summed E-state index contributed by atoms with van der Waals surface area (Å²) >= 11 is 0. The Hall–Kier alpha value is -0.900. The number of methoxy groups -OCH3 is 1. The minimum Gasteiger partial charge on any atom is -0.379 e. The van der Waals surface area contributed by atoms with E-state index in [0.717, 1.165) is 12.8 Å². The predicted octanol–water partition coefficient (Wildman–Crippen LogP) is 3.00.